The number of hydrogen-bond acceptors (Lipinski definition) is 5. The quantitative estimate of drug-likeness (QED) is 0.351. The molecule has 6 heteroatoms. The summed E-state index contributed by atoms with van der Waals surface area (Å²) >= 11 is 0. The number of ether oxygens (including phenoxy) is 2. The fourth-order valence-corrected chi connectivity index (χ4v) is 1.72. The van der Waals surface area contributed by atoms with Gasteiger partial charge in [0.25, 0.3) is 5.69 Å². The molecule has 122 valence electrons. The fourth-order valence-electron chi connectivity index (χ4n) is 1.72. The monoisotopic (exact) mass is 319 g/mol. The SMILES string of the molecule is [2H]c1c(OC(=O)OC)c(C(C([2H])([2H])[2H])(C([2H])([2H])[2H])C([2H])([2H])[2H])cc(C(C)(C)C)c1[N+](=O)[O-]. The zero-order valence-corrected chi connectivity index (χ0v) is 12.6. The van der Waals surface area contributed by atoms with Crippen LogP contribution in [0.4, 0.5) is 10.5 Å². The highest BCUT2D eigenvalue weighted by atomic mass is 16.7. The summed E-state index contributed by atoms with van der Waals surface area (Å²) in [5.74, 6) is -1.19. The molecule has 0 amide bonds. The second-order valence-corrected chi connectivity index (χ2v) is 5.59. The van der Waals surface area contributed by atoms with Gasteiger partial charge in [0.2, 0.25) is 0 Å². The van der Waals surface area contributed by atoms with Crippen LogP contribution in [0.1, 0.15) is 66.2 Å². The van der Waals surface area contributed by atoms with Crippen molar-refractivity contribution in [1.29, 1.82) is 0 Å². The predicted octanol–water partition coefficient (Wildman–Crippen LogP) is 4.34. The van der Waals surface area contributed by atoms with Crippen LogP contribution < -0.4 is 4.74 Å². The molecule has 0 saturated carbocycles. The number of methoxy groups -OCH3 is 1. The second kappa shape index (κ2) is 5.94. The third-order valence-electron chi connectivity index (χ3n) is 2.77. The van der Waals surface area contributed by atoms with Gasteiger partial charge >= 0.3 is 6.16 Å². The van der Waals surface area contributed by atoms with E-state index in [-0.39, 0.29) is 5.56 Å². The van der Waals surface area contributed by atoms with Crippen molar-refractivity contribution in [2.75, 3.05) is 7.11 Å². The van der Waals surface area contributed by atoms with Crippen molar-refractivity contribution in [3.05, 3.63) is 33.4 Å². The van der Waals surface area contributed by atoms with E-state index in [0.717, 1.165) is 7.11 Å². The number of carbonyl (C=O) groups excluding carboxylic acids is 1. The summed E-state index contributed by atoms with van der Waals surface area (Å²) in [7, 11) is 0.841. The number of hydrogen-bond donors (Lipinski definition) is 0. The van der Waals surface area contributed by atoms with Gasteiger partial charge in [0.1, 0.15) is 5.75 Å². The lowest BCUT2D eigenvalue weighted by Crippen LogP contribution is -2.20. The Bertz CT molecular complexity index is 876. The van der Waals surface area contributed by atoms with Gasteiger partial charge in [0.05, 0.1) is 19.4 Å². The number of nitro groups is 1. The summed E-state index contributed by atoms with van der Waals surface area (Å²) in [6, 6.07) is -0.454. The first-order valence-corrected chi connectivity index (χ1v) is 6.14. The van der Waals surface area contributed by atoms with E-state index in [1.54, 1.807) is 0 Å². The predicted molar refractivity (Wildman–Crippen MR) is 83.5 cm³/mol. The number of nitro benzene ring substituents is 1. The topological polar surface area (TPSA) is 78.7 Å². The second-order valence-electron chi connectivity index (χ2n) is 5.59. The van der Waals surface area contributed by atoms with Gasteiger partial charge in [-0.25, -0.2) is 4.79 Å². The minimum Gasteiger partial charge on any atom is -0.437 e. The zero-order chi connectivity index (χ0) is 25.7. The molecule has 0 fully saturated rings. The summed E-state index contributed by atoms with van der Waals surface area (Å²) in [5.41, 5.74) is -7.14. The van der Waals surface area contributed by atoms with Gasteiger partial charge < -0.3 is 9.47 Å². The van der Waals surface area contributed by atoms with Crippen LogP contribution in [0.5, 0.6) is 5.75 Å². The van der Waals surface area contributed by atoms with Gasteiger partial charge in [0.15, 0.2) is 0 Å². The van der Waals surface area contributed by atoms with Gasteiger partial charge in [-0.05, 0) is 16.9 Å². The largest absolute Gasteiger partial charge is 0.513 e. The highest BCUT2D eigenvalue weighted by Crippen LogP contribution is 2.41. The minimum absolute atomic E-state index is 0.318. The third kappa shape index (κ3) is 3.96. The van der Waals surface area contributed by atoms with Gasteiger partial charge in [0, 0.05) is 23.5 Å². The molecule has 0 heterocycles. The number of rotatable bonds is 2. The number of nitrogens with zero attached hydrogens (tertiary/aromatic N) is 1. The van der Waals surface area contributed by atoms with E-state index in [1.165, 1.54) is 20.8 Å². The summed E-state index contributed by atoms with van der Waals surface area (Å²) in [6.45, 7) is -6.89. The average Bonchev–Trinajstić information content (AvgIpc) is 2.52. The van der Waals surface area contributed by atoms with Gasteiger partial charge in [-0.1, -0.05) is 41.3 Å². The van der Waals surface area contributed by atoms with Crippen molar-refractivity contribution in [1.82, 2.24) is 0 Å². The van der Waals surface area contributed by atoms with E-state index < -0.39 is 65.5 Å². The van der Waals surface area contributed by atoms with E-state index in [4.69, 9.17) is 18.4 Å². The lowest BCUT2D eigenvalue weighted by atomic mass is 9.79. The van der Waals surface area contributed by atoms with Crippen molar-refractivity contribution >= 4 is 11.8 Å². The fraction of sp³-hybridized carbons (Fsp3) is 0.562. The zero-order valence-electron chi connectivity index (χ0n) is 22.6. The van der Waals surface area contributed by atoms with Crippen LogP contribution in [-0.2, 0) is 15.6 Å². The Hall–Kier alpha value is -2.11. The Balaban J connectivity index is 4.54. The first-order valence-electron chi connectivity index (χ1n) is 11.1. The van der Waals surface area contributed by atoms with Crippen LogP contribution in [0, 0.1) is 10.1 Å². The summed E-state index contributed by atoms with van der Waals surface area (Å²) in [5, 5.41) is 11.7. The maximum absolute atomic E-state index is 11.8. The van der Waals surface area contributed by atoms with Crippen LogP contribution in [0.25, 0.3) is 0 Å². The minimum atomic E-state index is -3.75. The molecule has 1 aromatic carbocycles. The summed E-state index contributed by atoms with van der Waals surface area (Å²) in [4.78, 5) is 22.5. The van der Waals surface area contributed by atoms with Crippen LogP contribution in [0.15, 0.2) is 12.1 Å². The maximum atomic E-state index is 11.8. The summed E-state index contributed by atoms with van der Waals surface area (Å²) < 4.78 is 88.4. The Morgan fingerprint density at radius 2 is 1.86 bits per heavy atom. The van der Waals surface area contributed by atoms with E-state index in [9.17, 15) is 14.9 Å². The van der Waals surface area contributed by atoms with E-state index >= 15 is 0 Å². The molecule has 0 spiro atoms. The smallest absolute Gasteiger partial charge is 0.437 e. The first-order chi connectivity index (χ1) is 14.1. The molecule has 1 rings (SSSR count). The lowest BCUT2D eigenvalue weighted by Gasteiger charge is -2.26. The molecule has 0 N–H and O–H groups in total. The molecule has 0 radical (unpaired) electrons. The molecule has 0 atom stereocenters. The van der Waals surface area contributed by atoms with Crippen molar-refractivity contribution in [2.45, 2.75) is 52.2 Å². The van der Waals surface area contributed by atoms with E-state index in [2.05, 4.69) is 4.74 Å². The molecule has 0 bridgehead atoms. The number of benzene rings is 1. The molecule has 0 aliphatic carbocycles. The van der Waals surface area contributed by atoms with Crippen LogP contribution in [0.2, 0.25) is 0 Å². The van der Waals surface area contributed by atoms with Gasteiger partial charge in [-0.3, -0.25) is 10.1 Å². The van der Waals surface area contributed by atoms with Crippen molar-refractivity contribution < 1.29 is 32.9 Å². The van der Waals surface area contributed by atoms with Crippen molar-refractivity contribution in [3.63, 3.8) is 0 Å². The molecule has 22 heavy (non-hydrogen) atoms. The molecule has 0 saturated heterocycles. The Morgan fingerprint density at radius 3 is 2.27 bits per heavy atom. The Kier molecular flexibility index (Phi) is 2.15. The number of carbonyl (C=O) groups is 1. The molecule has 0 aliphatic rings. The van der Waals surface area contributed by atoms with Crippen molar-refractivity contribution in [2.24, 2.45) is 0 Å². The summed E-state index contributed by atoms with van der Waals surface area (Å²) in [6.07, 6.45) is -1.56. The third-order valence-corrected chi connectivity index (χ3v) is 2.77. The normalized spacial score (nSPS) is 20.4. The molecule has 0 aliphatic heterocycles. The van der Waals surface area contributed by atoms with Crippen molar-refractivity contribution in [3.8, 4) is 5.75 Å². The molecular weight excluding hydrogens is 286 g/mol. The maximum Gasteiger partial charge on any atom is 0.513 e. The van der Waals surface area contributed by atoms with Gasteiger partial charge in [-0.15, -0.1) is 0 Å². The lowest BCUT2D eigenvalue weighted by molar-refractivity contribution is -0.386. The van der Waals surface area contributed by atoms with E-state index in [0.29, 0.717) is 6.07 Å². The first kappa shape index (κ1) is 7.94. The van der Waals surface area contributed by atoms with Crippen LogP contribution >= 0.6 is 0 Å². The van der Waals surface area contributed by atoms with E-state index in [1.807, 2.05) is 0 Å². The molecule has 1 aromatic rings. The Morgan fingerprint density at radius 1 is 1.27 bits per heavy atom. The molecule has 0 unspecified atom stereocenters. The van der Waals surface area contributed by atoms with Crippen LogP contribution in [0.3, 0.4) is 0 Å². The molecule has 0 aromatic heterocycles. The highest BCUT2D eigenvalue weighted by Gasteiger charge is 2.31. The van der Waals surface area contributed by atoms with Gasteiger partial charge in [-0.2, -0.15) is 0 Å². The Labute approximate surface area is 144 Å². The molecular formula is C16H23NO5. The van der Waals surface area contributed by atoms with Crippen LogP contribution in [-0.4, -0.2) is 18.2 Å². The standard InChI is InChI=1S/C16H23NO5/c1-15(2,3)10-8-11(16(4,5)6)13(22-14(18)21-7)9-12(10)17(19)20/h8-9H,1-7H3/i4D3,5D3,6D3,9D. The average molecular weight is 319 g/mol. The highest BCUT2D eigenvalue weighted by molar-refractivity contribution is 5.66. The molecule has 6 nitrogen and oxygen atoms in total.